The maximum Gasteiger partial charge on any atom is 0.134 e. The smallest absolute Gasteiger partial charge is 0.134 e. The molecule has 1 aromatic carbocycles. The van der Waals surface area contributed by atoms with Gasteiger partial charge in [0.1, 0.15) is 12.4 Å². The molecule has 3 nitrogen and oxygen atoms in total. The molecule has 0 aliphatic rings. The number of benzene rings is 1. The molecule has 2 N–H and O–H groups in total. The molecule has 2 rings (SSSR count). The second-order valence-electron chi connectivity index (χ2n) is 2.95. The van der Waals surface area contributed by atoms with Crippen molar-refractivity contribution in [3.8, 4) is 0 Å². The van der Waals surface area contributed by atoms with Crippen LogP contribution < -0.4 is 5.73 Å². The van der Waals surface area contributed by atoms with E-state index in [1.807, 2.05) is 12.1 Å². The van der Waals surface area contributed by atoms with Gasteiger partial charge in [0, 0.05) is 18.1 Å². The van der Waals surface area contributed by atoms with Crippen LogP contribution in [0.4, 0.5) is 10.1 Å². The lowest BCUT2D eigenvalue weighted by Crippen LogP contribution is -1.89. The zero-order valence-electron chi connectivity index (χ0n) is 7.29. The van der Waals surface area contributed by atoms with Gasteiger partial charge in [-0.3, -0.25) is 4.68 Å². The molecule has 0 aliphatic heterocycles. The van der Waals surface area contributed by atoms with E-state index in [0.29, 0.717) is 11.4 Å². The van der Waals surface area contributed by atoms with Gasteiger partial charge < -0.3 is 5.73 Å². The van der Waals surface area contributed by atoms with Crippen molar-refractivity contribution in [2.75, 3.05) is 5.73 Å². The third kappa shape index (κ3) is 1.06. The Labute approximate surface area is 75.0 Å². The molecule has 0 radical (unpaired) electrons. The number of rotatable bonds is 1. The average Bonchev–Trinajstić information content (AvgIpc) is 2.45. The Kier molecular flexibility index (Phi) is 1.69. The molecule has 4 heteroatoms. The van der Waals surface area contributed by atoms with Crippen LogP contribution in [0.3, 0.4) is 0 Å². The first kappa shape index (κ1) is 8.04. The van der Waals surface area contributed by atoms with Crippen molar-refractivity contribution in [2.24, 2.45) is 7.05 Å². The lowest BCUT2D eigenvalue weighted by molar-refractivity contribution is 0.473. The quantitative estimate of drug-likeness (QED) is 0.676. The van der Waals surface area contributed by atoms with Crippen LogP contribution in [0.25, 0.3) is 10.9 Å². The fraction of sp³-hybridized carbons (Fsp3) is 0.222. The number of aromatic nitrogens is 2. The van der Waals surface area contributed by atoms with Crippen molar-refractivity contribution in [3.05, 3.63) is 23.9 Å². The standard InChI is InChI=1S/C9H10FN3/c1-13-8-4-2-3-6(11)9(8)7(5-10)12-13/h2-4H,5,11H2,1H3. The van der Waals surface area contributed by atoms with Crippen molar-refractivity contribution in [1.82, 2.24) is 9.78 Å². The predicted molar refractivity (Wildman–Crippen MR) is 49.9 cm³/mol. The highest BCUT2D eigenvalue weighted by Crippen LogP contribution is 2.24. The number of aryl methyl sites for hydroxylation is 1. The predicted octanol–water partition coefficient (Wildman–Crippen LogP) is 1.62. The monoisotopic (exact) mass is 179 g/mol. The minimum Gasteiger partial charge on any atom is -0.398 e. The van der Waals surface area contributed by atoms with Crippen LogP contribution in [0.1, 0.15) is 5.69 Å². The summed E-state index contributed by atoms with van der Waals surface area (Å²) in [5, 5.41) is 4.76. The van der Waals surface area contributed by atoms with E-state index in [1.165, 1.54) is 0 Å². The van der Waals surface area contributed by atoms with E-state index in [4.69, 9.17) is 5.73 Å². The number of halogens is 1. The van der Waals surface area contributed by atoms with Crippen LogP contribution in [-0.2, 0) is 13.7 Å². The second kappa shape index (κ2) is 2.73. The van der Waals surface area contributed by atoms with Crippen molar-refractivity contribution in [1.29, 1.82) is 0 Å². The van der Waals surface area contributed by atoms with Crippen molar-refractivity contribution in [2.45, 2.75) is 6.67 Å². The molecule has 0 atom stereocenters. The molecule has 1 heterocycles. The summed E-state index contributed by atoms with van der Waals surface area (Å²) in [7, 11) is 1.78. The van der Waals surface area contributed by atoms with E-state index in [0.717, 1.165) is 10.9 Å². The molecule has 13 heavy (non-hydrogen) atoms. The van der Waals surface area contributed by atoms with Gasteiger partial charge in [-0.1, -0.05) is 6.07 Å². The van der Waals surface area contributed by atoms with E-state index >= 15 is 0 Å². The van der Waals surface area contributed by atoms with E-state index in [-0.39, 0.29) is 0 Å². The molecule has 0 amide bonds. The molecule has 0 saturated carbocycles. The number of hydrogen-bond donors (Lipinski definition) is 1. The van der Waals surface area contributed by atoms with E-state index in [9.17, 15) is 4.39 Å². The Morgan fingerprint density at radius 2 is 2.31 bits per heavy atom. The van der Waals surface area contributed by atoms with Crippen molar-refractivity contribution >= 4 is 16.6 Å². The number of nitrogens with two attached hydrogens (primary N) is 1. The SMILES string of the molecule is Cn1nc(CF)c2c(N)cccc21. The molecule has 1 aromatic heterocycles. The highest BCUT2D eigenvalue weighted by atomic mass is 19.1. The minimum atomic E-state index is -0.578. The zero-order valence-corrected chi connectivity index (χ0v) is 7.29. The fourth-order valence-corrected chi connectivity index (χ4v) is 1.52. The summed E-state index contributed by atoms with van der Waals surface area (Å²) >= 11 is 0. The molecule has 0 spiro atoms. The Bertz CT molecular complexity index is 447. The third-order valence-corrected chi connectivity index (χ3v) is 2.11. The second-order valence-corrected chi connectivity index (χ2v) is 2.95. The lowest BCUT2D eigenvalue weighted by Gasteiger charge is -1.96. The van der Waals surface area contributed by atoms with Gasteiger partial charge in [0.2, 0.25) is 0 Å². The molecule has 0 aliphatic carbocycles. The van der Waals surface area contributed by atoms with Gasteiger partial charge in [0.05, 0.1) is 5.52 Å². The number of nitrogen functional groups attached to an aromatic ring is 1. The molecule has 0 fully saturated rings. The summed E-state index contributed by atoms with van der Waals surface area (Å²) in [6, 6.07) is 5.46. The highest BCUT2D eigenvalue weighted by molar-refractivity contribution is 5.92. The summed E-state index contributed by atoms with van der Waals surface area (Å²) in [4.78, 5) is 0. The van der Waals surface area contributed by atoms with Gasteiger partial charge in [-0.2, -0.15) is 5.10 Å². The van der Waals surface area contributed by atoms with Gasteiger partial charge in [-0.15, -0.1) is 0 Å². The molecule has 2 aromatic rings. The fourth-order valence-electron chi connectivity index (χ4n) is 1.52. The number of nitrogens with zero attached hydrogens (tertiary/aromatic N) is 2. The van der Waals surface area contributed by atoms with Gasteiger partial charge >= 0.3 is 0 Å². The van der Waals surface area contributed by atoms with E-state index in [1.54, 1.807) is 17.8 Å². The Morgan fingerprint density at radius 3 is 3.00 bits per heavy atom. The van der Waals surface area contributed by atoms with Crippen LogP contribution in [0.5, 0.6) is 0 Å². The Balaban J connectivity index is 2.89. The average molecular weight is 179 g/mol. The molecular formula is C9H10FN3. The van der Waals surface area contributed by atoms with E-state index in [2.05, 4.69) is 5.10 Å². The maximum atomic E-state index is 12.5. The molecule has 0 saturated heterocycles. The number of hydrogen-bond acceptors (Lipinski definition) is 2. The Morgan fingerprint density at radius 1 is 1.54 bits per heavy atom. The number of fused-ring (bicyclic) bond motifs is 1. The van der Waals surface area contributed by atoms with Crippen molar-refractivity contribution in [3.63, 3.8) is 0 Å². The summed E-state index contributed by atoms with van der Waals surface area (Å²) in [6.07, 6.45) is 0. The molecule has 0 unspecified atom stereocenters. The third-order valence-electron chi connectivity index (χ3n) is 2.11. The number of anilines is 1. The number of alkyl halides is 1. The summed E-state index contributed by atoms with van der Waals surface area (Å²) in [6.45, 7) is -0.578. The van der Waals surface area contributed by atoms with Gasteiger partial charge in [0.15, 0.2) is 0 Å². The summed E-state index contributed by atoms with van der Waals surface area (Å²) < 4.78 is 14.2. The highest BCUT2D eigenvalue weighted by Gasteiger charge is 2.09. The lowest BCUT2D eigenvalue weighted by atomic mass is 10.2. The molecule has 68 valence electrons. The van der Waals surface area contributed by atoms with Crippen LogP contribution >= 0.6 is 0 Å². The zero-order chi connectivity index (χ0) is 9.42. The van der Waals surface area contributed by atoms with Gasteiger partial charge in [-0.05, 0) is 12.1 Å². The van der Waals surface area contributed by atoms with Crippen molar-refractivity contribution < 1.29 is 4.39 Å². The first-order valence-corrected chi connectivity index (χ1v) is 4.00. The summed E-state index contributed by atoms with van der Waals surface area (Å²) in [5.41, 5.74) is 7.59. The largest absolute Gasteiger partial charge is 0.398 e. The first-order valence-electron chi connectivity index (χ1n) is 4.00. The minimum absolute atomic E-state index is 0.413. The molecular weight excluding hydrogens is 169 g/mol. The first-order chi connectivity index (χ1) is 6.24. The van der Waals surface area contributed by atoms with Crippen LogP contribution in [-0.4, -0.2) is 9.78 Å². The Hall–Kier alpha value is -1.58. The van der Waals surface area contributed by atoms with Crippen LogP contribution in [0.15, 0.2) is 18.2 Å². The normalized spacial score (nSPS) is 10.9. The molecule has 0 bridgehead atoms. The van der Waals surface area contributed by atoms with E-state index < -0.39 is 6.67 Å². The maximum absolute atomic E-state index is 12.5. The van der Waals surface area contributed by atoms with Gasteiger partial charge in [-0.25, -0.2) is 4.39 Å². The summed E-state index contributed by atoms with van der Waals surface area (Å²) in [5.74, 6) is 0. The van der Waals surface area contributed by atoms with Gasteiger partial charge in [0.25, 0.3) is 0 Å². The van der Waals surface area contributed by atoms with Crippen LogP contribution in [0, 0.1) is 0 Å². The topological polar surface area (TPSA) is 43.8 Å². The van der Waals surface area contributed by atoms with Crippen LogP contribution in [0.2, 0.25) is 0 Å².